The van der Waals surface area contributed by atoms with Crippen LogP contribution in [0.4, 0.5) is 5.82 Å². The van der Waals surface area contributed by atoms with Gasteiger partial charge in [-0.1, -0.05) is 13.8 Å². The van der Waals surface area contributed by atoms with Crippen LogP contribution in [0.15, 0.2) is 6.07 Å². The number of aromatic nitrogens is 2. The molecule has 6 heteroatoms. The number of hydrogen-bond acceptors (Lipinski definition) is 6. The highest BCUT2D eigenvalue weighted by atomic mass is 16.5. The van der Waals surface area contributed by atoms with Crippen LogP contribution < -0.4 is 11.3 Å². The van der Waals surface area contributed by atoms with E-state index in [0.29, 0.717) is 18.2 Å². The third kappa shape index (κ3) is 3.62. The van der Waals surface area contributed by atoms with Gasteiger partial charge in [-0.3, -0.25) is 0 Å². The number of hydrazine groups is 1. The lowest BCUT2D eigenvalue weighted by Gasteiger charge is -2.18. The van der Waals surface area contributed by atoms with Gasteiger partial charge < -0.3 is 14.9 Å². The minimum atomic E-state index is -0.154. The fraction of sp³-hybridized carbons (Fsp3) is 0.636. The number of nitrogens with zero attached hydrogens (tertiary/aromatic N) is 2. The van der Waals surface area contributed by atoms with Crippen molar-refractivity contribution in [3.63, 3.8) is 0 Å². The SMILES string of the molecule is COCc1cc(NN)nc(C(OC)C(C)C)n1. The van der Waals surface area contributed by atoms with Gasteiger partial charge in [0.2, 0.25) is 0 Å². The first-order chi connectivity index (χ1) is 8.12. The van der Waals surface area contributed by atoms with E-state index in [1.807, 2.05) is 0 Å². The summed E-state index contributed by atoms with van der Waals surface area (Å²) in [6, 6.07) is 1.75. The summed E-state index contributed by atoms with van der Waals surface area (Å²) in [6.07, 6.45) is -0.154. The molecule has 96 valence electrons. The largest absolute Gasteiger partial charge is 0.378 e. The Morgan fingerprint density at radius 2 is 2.06 bits per heavy atom. The Hall–Kier alpha value is -1.24. The average Bonchev–Trinajstić information content (AvgIpc) is 2.29. The van der Waals surface area contributed by atoms with Crippen molar-refractivity contribution in [1.82, 2.24) is 9.97 Å². The molecule has 0 saturated carbocycles. The summed E-state index contributed by atoms with van der Waals surface area (Å²) < 4.78 is 10.5. The van der Waals surface area contributed by atoms with Gasteiger partial charge in [0.15, 0.2) is 5.82 Å². The quantitative estimate of drug-likeness (QED) is 0.575. The first kappa shape index (κ1) is 13.8. The van der Waals surface area contributed by atoms with Crippen molar-refractivity contribution in [3.8, 4) is 0 Å². The van der Waals surface area contributed by atoms with Crippen LogP contribution in [-0.2, 0) is 16.1 Å². The predicted molar refractivity (Wildman–Crippen MR) is 65.1 cm³/mol. The molecular weight excluding hydrogens is 220 g/mol. The summed E-state index contributed by atoms with van der Waals surface area (Å²) in [6.45, 7) is 4.52. The van der Waals surface area contributed by atoms with Crippen LogP contribution in [0.5, 0.6) is 0 Å². The van der Waals surface area contributed by atoms with Gasteiger partial charge in [-0.2, -0.15) is 0 Å². The van der Waals surface area contributed by atoms with Crippen molar-refractivity contribution in [3.05, 3.63) is 17.6 Å². The average molecular weight is 240 g/mol. The number of anilines is 1. The van der Waals surface area contributed by atoms with Gasteiger partial charge in [-0.25, -0.2) is 15.8 Å². The Bertz CT molecular complexity index is 357. The molecule has 1 heterocycles. The van der Waals surface area contributed by atoms with Crippen LogP contribution in [0.2, 0.25) is 0 Å². The Kier molecular flexibility index (Phi) is 5.27. The van der Waals surface area contributed by atoms with Crippen LogP contribution in [0.1, 0.15) is 31.5 Å². The molecule has 0 aliphatic carbocycles. The second-order valence-electron chi connectivity index (χ2n) is 4.08. The third-order valence-electron chi connectivity index (χ3n) is 2.35. The summed E-state index contributed by atoms with van der Waals surface area (Å²) in [5, 5.41) is 0. The number of methoxy groups -OCH3 is 2. The number of nitrogen functional groups attached to an aromatic ring is 1. The zero-order valence-corrected chi connectivity index (χ0v) is 10.7. The molecule has 0 spiro atoms. The maximum Gasteiger partial charge on any atom is 0.160 e. The van der Waals surface area contributed by atoms with Gasteiger partial charge in [0.1, 0.15) is 11.9 Å². The fourth-order valence-corrected chi connectivity index (χ4v) is 1.62. The van der Waals surface area contributed by atoms with Gasteiger partial charge >= 0.3 is 0 Å². The van der Waals surface area contributed by atoms with Gasteiger partial charge in [0.25, 0.3) is 0 Å². The van der Waals surface area contributed by atoms with E-state index < -0.39 is 0 Å². The van der Waals surface area contributed by atoms with Crippen LogP contribution >= 0.6 is 0 Å². The molecular formula is C11H20N4O2. The van der Waals surface area contributed by atoms with Gasteiger partial charge in [-0.15, -0.1) is 0 Å². The molecule has 6 nitrogen and oxygen atoms in total. The number of nitrogens with one attached hydrogen (secondary N) is 1. The normalized spacial score (nSPS) is 12.8. The van der Waals surface area contributed by atoms with Gasteiger partial charge in [-0.05, 0) is 5.92 Å². The smallest absolute Gasteiger partial charge is 0.160 e. The summed E-state index contributed by atoms with van der Waals surface area (Å²) in [5.41, 5.74) is 3.29. The second-order valence-corrected chi connectivity index (χ2v) is 4.08. The molecule has 1 atom stereocenters. The minimum absolute atomic E-state index is 0.154. The van der Waals surface area contributed by atoms with Crippen molar-refractivity contribution < 1.29 is 9.47 Å². The molecule has 0 aliphatic heterocycles. The Morgan fingerprint density at radius 1 is 1.35 bits per heavy atom. The second kappa shape index (κ2) is 6.48. The number of nitrogens with two attached hydrogens (primary N) is 1. The molecule has 1 aromatic heterocycles. The highest BCUT2D eigenvalue weighted by molar-refractivity contribution is 5.34. The molecule has 1 unspecified atom stereocenters. The molecule has 0 aromatic carbocycles. The van der Waals surface area contributed by atoms with Crippen molar-refractivity contribution in [2.24, 2.45) is 11.8 Å². The molecule has 3 N–H and O–H groups in total. The van der Waals surface area contributed by atoms with E-state index in [4.69, 9.17) is 15.3 Å². The van der Waals surface area contributed by atoms with E-state index in [1.54, 1.807) is 20.3 Å². The van der Waals surface area contributed by atoms with Crippen molar-refractivity contribution in [2.45, 2.75) is 26.6 Å². The van der Waals surface area contributed by atoms with E-state index in [9.17, 15) is 0 Å². The Morgan fingerprint density at radius 3 is 2.53 bits per heavy atom. The van der Waals surface area contributed by atoms with Gasteiger partial charge in [0, 0.05) is 20.3 Å². The van der Waals surface area contributed by atoms with Crippen LogP contribution in [0, 0.1) is 5.92 Å². The molecule has 1 rings (SSSR count). The van der Waals surface area contributed by atoms with E-state index in [0.717, 1.165) is 5.69 Å². The predicted octanol–water partition coefficient (Wildman–Crippen LogP) is 1.25. The Labute approximate surface area is 102 Å². The number of hydrogen-bond donors (Lipinski definition) is 2. The molecule has 0 aliphatic rings. The highest BCUT2D eigenvalue weighted by Gasteiger charge is 2.19. The summed E-state index contributed by atoms with van der Waals surface area (Å²) in [5.74, 6) is 6.84. The summed E-state index contributed by atoms with van der Waals surface area (Å²) in [7, 11) is 3.26. The lowest BCUT2D eigenvalue weighted by atomic mass is 10.1. The van der Waals surface area contributed by atoms with Crippen molar-refractivity contribution >= 4 is 5.82 Å². The molecule has 0 amide bonds. The zero-order valence-electron chi connectivity index (χ0n) is 10.7. The van der Waals surface area contributed by atoms with E-state index in [-0.39, 0.29) is 12.0 Å². The number of ether oxygens (including phenoxy) is 2. The van der Waals surface area contributed by atoms with Crippen molar-refractivity contribution in [1.29, 1.82) is 0 Å². The Balaban J connectivity index is 3.08. The molecule has 17 heavy (non-hydrogen) atoms. The lowest BCUT2D eigenvalue weighted by molar-refractivity contribution is 0.0569. The molecule has 1 aromatic rings. The first-order valence-corrected chi connectivity index (χ1v) is 5.48. The van der Waals surface area contributed by atoms with E-state index in [1.165, 1.54) is 0 Å². The maximum atomic E-state index is 5.40. The van der Waals surface area contributed by atoms with E-state index in [2.05, 4.69) is 29.2 Å². The highest BCUT2D eigenvalue weighted by Crippen LogP contribution is 2.23. The summed E-state index contributed by atoms with van der Waals surface area (Å²) >= 11 is 0. The fourth-order valence-electron chi connectivity index (χ4n) is 1.62. The van der Waals surface area contributed by atoms with Crippen LogP contribution in [-0.4, -0.2) is 24.2 Å². The standard InChI is InChI=1S/C11H20N4O2/c1-7(2)10(17-4)11-13-8(6-16-3)5-9(14-11)15-12/h5,7,10H,6,12H2,1-4H3,(H,13,14,15). The summed E-state index contributed by atoms with van der Waals surface area (Å²) in [4.78, 5) is 8.71. The third-order valence-corrected chi connectivity index (χ3v) is 2.35. The zero-order chi connectivity index (χ0) is 12.8. The van der Waals surface area contributed by atoms with E-state index >= 15 is 0 Å². The van der Waals surface area contributed by atoms with Gasteiger partial charge in [0.05, 0.1) is 12.3 Å². The molecule has 0 saturated heterocycles. The molecule has 0 bridgehead atoms. The minimum Gasteiger partial charge on any atom is -0.378 e. The maximum absolute atomic E-state index is 5.40. The van der Waals surface area contributed by atoms with Crippen LogP contribution in [0.3, 0.4) is 0 Å². The van der Waals surface area contributed by atoms with Crippen LogP contribution in [0.25, 0.3) is 0 Å². The molecule has 0 radical (unpaired) electrons. The number of rotatable bonds is 6. The topological polar surface area (TPSA) is 82.3 Å². The van der Waals surface area contributed by atoms with Crippen molar-refractivity contribution in [2.75, 3.05) is 19.6 Å². The lowest BCUT2D eigenvalue weighted by Crippen LogP contribution is -2.17. The molecule has 0 fully saturated rings. The monoisotopic (exact) mass is 240 g/mol. The first-order valence-electron chi connectivity index (χ1n) is 5.48.